The Morgan fingerprint density at radius 3 is 2.86 bits per heavy atom. The van der Waals surface area contributed by atoms with Crippen LogP contribution < -0.4 is 5.32 Å². The van der Waals surface area contributed by atoms with Crippen molar-refractivity contribution in [2.75, 3.05) is 19.6 Å². The normalized spacial score (nSPS) is 12.5. The van der Waals surface area contributed by atoms with Crippen molar-refractivity contribution in [3.8, 4) is 0 Å². The highest BCUT2D eigenvalue weighted by Crippen LogP contribution is 2.22. The van der Waals surface area contributed by atoms with E-state index in [1.165, 1.54) is 10.2 Å². The minimum Gasteiger partial charge on any atom is -0.353 e. The minimum absolute atomic E-state index is 0.0483. The molecule has 0 radical (unpaired) electrons. The molecule has 1 unspecified atom stereocenters. The fraction of sp³-hybridized carbons (Fsp3) is 0.500. The Morgan fingerprint density at radius 1 is 1.48 bits per heavy atom. The quantitative estimate of drug-likeness (QED) is 0.803. The monoisotopic (exact) mass is 307 g/mol. The molecular formula is C14H21N5OS. The van der Waals surface area contributed by atoms with Crippen molar-refractivity contribution in [1.29, 1.82) is 0 Å². The van der Waals surface area contributed by atoms with E-state index in [1.54, 1.807) is 23.7 Å². The average Bonchev–Trinajstić information content (AvgIpc) is 3.16. The molecule has 0 aromatic carbocycles. The van der Waals surface area contributed by atoms with Gasteiger partial charge in [-0.25, -0.2) is 4.68 Å². The van der Waals surface area contributed by atoms with E-state index in [1.807, 2.05) is 0 Å². The van der Waals surface area contributed by atoms with Gasteiger partial charge in [-0.15, -0.1) is 5.10 Å². The third kappa shape index (κ3) is 4.37. The average molecular weight is 307 g/mol. The number of hydrogen-bond acceptors (Lipinski definition) is 5. The summed E-state index contributed by atoms with van der Waals surface area (Å²) in [6.45, 7) is 6.99. The second kappa shape index (κ2) is 7.90. The van der Waals surface area contributed by atoms with Gasteiger partial charge in [0.2, 0.25) is 5.91 Å². The Morgan fingerprint density at radius 2 is 2.29 bits per heavy atom. The number of carbonyl (C=O) groups excluding carboxylic acids is 1. The van der Waals surface area contributed by atoms with E-state index < -0.39 is 0 Å². The molecule has 6 nitrogen and oxygen atoms in total. The highest BCUT2D eigenvalue weighted by Gasteiger charge is 2.19. The van der Waals surface area contributed by atoms with Crippen LogP contribution in [0, 0.1) is 0 Å². The van der Waals surface area contributed by atoms with Crippen molar-refractivity contribution >= 4 is 17.2 Å². The Kier molecular flexibility index (Phi) is 5.89. The SMILES string of the molecule is CCN(CC)C(CNC(=O)Cn1ccnn1)c1ccsc1. The number of hydrogen-bond donors (Lipinski definition) is 1. The van der Waals surface area contributed by atoms with E-state index in [9.17, 15) is 4.79 Å². The van der Waals surface area contributed by atoms with E-state index in [0.717, 1.165) is 13.1 Å². The summed E-state index contributed by atoms with van der Waals surface area (Å²) < 4.78 is 1.52. The van der Waals surface area contributed by atoms with Crippen LogP contribution in [0.4, 0.5) is 0 Å². The molecule has 2 heterocycles. The van der Waals surface area contributed by atoms with E-state index >= 15 is 0 Å². The lowest BCUT2D eigenvalue weighted by Crippen LogP contribution is -2.39. The molecule has 0 aliphatic heterocycles. The summed E-state index contributed by atoms with van der Waals surface area (Å²) in [6.07, 6.45) is 3.25. The van der Waals surface area contributed by atoms with Gasteiger partial charge in [0.15, 0.2) is 0 Å². The molecular weight excluding hydrogens is 286 g/mol. The van der Waals surface area contributed by atoms with E-state index in [2.05, 4.69) is 51.2 Å². The smallest absolute Gasteiger partial charge is 0.241 e. The van der Waals surface area contributed by atoms with Crippen molar-refractivity contribution in [2.24, 2.45) is 0 Å². The third-order valence-corrected chi connectivity index (χ3v) is 4.15. The number of carbonyl (C=O) groups is 1. The molecule has 2 aromatic rings. The zero-order valence-electron chi connectivity index (χ0n) is 12.4. The first-order chi connectivity index (χ1) is 10.2. The fourth-order valence-electron chi connectivity index (χ4n) is 2.32. The van der Waals surface area contributed by atoms with E-state index in [0.29, 0.717) is 6.54 Å². The van der Waals surface area contributed by atoms with Crippen LogP contribution in [0.25, 0.3) is 0 Å². The molecule has 0 fully saturated rings. The van der Waals surface area contributed by atoms with Crippen LogP contribution in [0.2, 0.25) is 0 Å². The van der Waals surface area contributed by atoms with Gasteiger partial charge in [-0.1, -0.05) is 19.1 Å². The Balaban J connectivity index is 1.94. The van der Waals surface area contributed by atoms with Gasteiger partial charge >= 0.3 is 0 Å². The number of likely N-dealkylation sites (N-methyl/N-ethyl adjacent to an activating group) is 1. The van der Waals surface area contributed by atoms with Crippen molar-refractivity contribution in [1.82, 2.24) is 25.2 Å². The molecule has 1 atom stereocenters. The van der Waals surface area contributed by atoms with Gasteiger partial charge in [0.05, 0.1) is 12.2 Å². The van der Waals surface area contributed by atoms with Gasteiger partial charge < -0.3 is 5.32 Å². The number of nitrogens with zero attached hydrogens (tertiary/aromatic N) is 4. The summed E-state index contributed by atoms with van der Waals surface area (Å²) in [7, 11) is 0. The zero-order valence-corrected chi connectivity index (χ0v) is 13.2. The molecule has 0 saturated carbocycles. The first kappa shape index (κ1) is 15.7. The highest BCUT2D eigenvalue weighted by atomic mass is 32.1. The molecule has 1 amide bonds. The van der Waals surface area contributed by atoms with Crippen LogP contribution in [-0.2, 0) is 11.3 Å². The fourth-order valence-corrected chi connectivity index (χ4v) is 3.02. The largest absolute Gasteiger partial charge is 0.353 e. The molecule has 2 rings (SSSR count). The summed E-state index contributed by atoms with van der Waals surface area (Å²) in [6, 6.07) is 2.34. The molecule has 114 valence electrons. The summed E-state index contributed by atoms with van der Waals surface area (Å²) in [4.78, 5) is 14.3. The molecule has 2 aromatic heterocycles. The molecule has 0 bridgehead atoms. The van der Waals surface area contributed by atoms with Crippen LogP contribution in [0.5, 0.6) is 0 Å². The lowest BCUT2D eigenvalue weighted by Gasteiger charge is -2.29. The maximum absolute atomic E-state index is 12.0. The minimum atomic E-state index is -0.0483. The van der Waals surface area contributed by atoms with Crippen molar-refractivity contribution < 1.29 is 4.79 Å². The van der Waals surface area contributed by atoms with Crippen molar-refractivity contribution in [3.05, 3.63) is 34.8 Å². The molecule has 0 spiro atoms. The topological polar surface area (TPSA) is 63.1 Å². The lowest BCUT2D eigenvalue weighted by molar-refractivity contribution is -0.122. The summed E-state index contributed by atoms with van der Waals surface area (Å²) >= 11 is 1.68. The molecule has 0 saturated heterocycles. The predicted octanol–water partition coefficient (Wildman–Crippen LogP) is 1.54. The first-order valence-electron chi connectivity index (χ1n) is 7.11. The van der Waals surface area contributed by atoms with Crippen LogP contribution in [0.15, 0.2) is 29.2 Å². The highest BCUT2D eigenvalue weighted by molar-refractivity contribution is 7.07. The second-order valence-corrected chi connectivity index (χ2v) is 5.48. The summed E-state index contributed by atoms with van der Waals surface area (Å²) in [5.74, 6) is -0.0483. The third-order valence-electron chi connectivity index (χ3n) is 3.45. The second-order valence-electron chi connectivity index (χ2n) is 4.70. The molecule has 7 heteroatoms. The summed E-state index contributed by atoms with van der Waals surface area (Å²) in [5, 5.41) is 14.7. The van der Waals surface area contributed by atoms with Crippen LogP contribution >= 0.6 is 11.3 Å². The number of thiophene rings is 1. The van der Waals surface area contributed by atoms with Gasteiger partial charge in [0.25, 0.3) is 0 Å². The number of amides is 1. The number of aromatic nitrogens is 3. The number of rotatable bonds is 8. The van der Waals surface area contributed by atoms with Crippen LogP contribution in [-0.4, -0.2) is 45.4 Å². The Hall–Kier alpha value is -1.73. The maximum Gasteiger partial charge on any atom is 0.241 e. The summed E-state index contributed by atoms with van der Waals surface area (Å²) in [5.41, 5.74) is 1.25. The Labute approximate surface area is 128 Å². The molecule has 0 aliphatic carbocycles. The van der Waals surface area contributed by atoms with Crippen molar-refractivity contribution in [2.45, 2.75) is 26.4 Å². The standard InChI is InChI=1S/C14H21N5OS/c1-3-18(4-2)13(12-5-8-21-11-12)9-15-14(20)10-19-7-6-16-17-19/h5-8,11,13H,3-4,9-10H2,1-2H3,(H,15,20). The Bertz CT molecular complexity index is 522. The first-order valence-corrected chi connectivity index (χ1v) is 8.05. The maximum atomic E-state index is 12.0. The zero-order chi connectivity index (χ0) is 15.1. The molecule has 1 N–H and O–H groups in total. The van der Waals surface area contributed by atoms with Gasteiger partial charge in [0, 0.05) is 12.7 Å². The van der Waals surface area contributed by atoms with Gasteiger partial charge in [-0.05, 0) is 35.5 Å². The van der Waals surface area contributed by atoms with Crippen LogP contribution in [0.3, 0.4) is 0 Å². The van der Waals surface area contributed by atoms with Gasteiger partial charge in [-0.3, -0.25) is 9.69 Å². The predicted molar refractivity (Wildman–Crippen MR) is 83.0 cm³/mol. The molecule has 0 aliphatic rings. The van der Waals surface area contributed by atoms with Gasteiger partial charge in [0.1, 0.15) is 6.54 Å². The van der Waals surface area contributed by atoms with E-state index in [4.69, 9.17) is 0 Å². The van der Waals surface area contributed by atoms with Crippen LogP contribution in [0.1, 0.15) is 25.5 Å². The number of nitrogens with one attached hydrogen (secondary N) is 1. The molecule has 21 heavy (non-hydrogen) atoms. The lowest BCUT2D eigenvalue weighted by atomic mass is 10.1. The van der Waals surface area contributed by atoms with Crippen molar-refractivity contribution in [3.63, 3.8) is 0 Å². The van der Waals surface area contributed by atoms with Gasteiger partial charge in [-0.2, -0.15) is 11.3 Å². The van der Waals surface area contributed by atoms with E-state index in [-0.39, 0.29) is 18.5 Å².